The third-order valence-corrected chi connectivity index (χ3v) is 4.39. The van der Waals surface area contributed by atoms with E-state index < -0.39 is 0 Å². The van der Waals surface area contributed by atoms with Crippen molar-refractivity contribution in [1.29, 1.82) is 0 Å². The fourth-order valence-electron chi connectivity index (χ4n) is 2.48. The van der Waals surface area contributed by atoms with Crippen LogP contribution in [-0.2, 0) is 4.79 Å². The molecule has 0 aliphatic heterocycles. The Kier molecular flexibility index (Phi) is 6.06. The largest absolute Gasteiger partial charge is 0.392 e. The molecule has 2 atom stereocenters. The van der Waals surface area contributed by atoms with E-state index in [0.717, 1.165) is 12.8 Å². The van der Waals surface area contributed by atoms with Crippen molar-refractivity contribution in [1.82, 2.24) is 5.32 Å². The number of amides is 1. The van der Waals surface area contributed by atoms with Gasteiger partial charge in [-0.1, -0.05) is 52.3 Å². The molecule has 3 nitrogen and oxygen atoms in total. The summed E-state index contributed by atoms with van der Waals surface area (Å²) in [7, 11) is 0. The number of hydrogen-bond donors (Lipinski definition) is 2. The van der Waals surface area contributed by atoms with Gasteiger partial charge in [0.2, 0.25) is 5.91 Å². The van der Waals surface area contributed by atoms with Crippen molar-refractivity contribution in [2.24, 2.45) is 23.5 Å². The van der Waals surface area contributed by atoms with Gasteiger partial charge < -0.3 is 11.1 Å². The van der Waals surface area contributed by atoms with Crippen molar-refractivity contribution in [3.8, 4) is 0 Å². The van der Waals surface area contributed by atoms with Crippen LogP contribution in [0.2, 0.25) is 0 Å². The molecular formula is C14H26N2OS. The van der Waals surface area contributed by atoms with Crippen molar-refractivity contribution in [3.63, 3.8) is 0 Å². The molecule has 1 amide bonds. The predicted molar refractivity (Wildman–Crippen MR) is 79.3 cm³/mol. The standard InChI is InChI=1S/C14H26N2OS/c1-9(2)10(3)14(17)16-12(13(15)18)11-7-5-4-6-8-11/h9-12H,4-8H2,1-3H3,(H2,15,18)(H,16,17). The predicted octanol–water partition coefficient (Wildman–Crippen LogP) is 2.63. The van der Waals surface area contributed by atoms with Crippen LogP contribution in [0.5, 0.6) is 0 Å². The minimum atomic E-state index is -0.117. The van der Waals surface area contributed by atoms with Crippen LogP contribution in [0.25, 0.3) is 0 Å². The van der Waals surface area contributed by atoms with Crippen molar-refractivity contribution < 1.29 is 4.79 Å². The molecule has 0 bridgehead atoms. The molecule has 0 aromatic rings. The molecule has 0 aromatic carbocycles. The zero-order chi connectivity index (χ0) is 13.7. The molecule has 0 radical (unpaired) electrons. The van der Waals surface area contributed by atoms with Gasteiger partial charge in [-0.25, -0.2) is 0 Å². The van der Waals surface area contributed by atoms with Crippen LogP contribution in [0.3, 0.4) is 0 Å². The number of carbonyl (C=O) groups excluding carboxylic acids is 1. The first-order chi connectivity index (χ1) is 8.43. The Morgan fingerprint density at radius 2 is 1.78 bits per heavy atom. The van der Waals surface area contributed by atoms with Gasteiger partial charge >= 0.3 is 0 Å². The van der Waals surface area contributed by atoms with E-state index in [1.54, 1.807) is 0 Å². The van der Waals surface area contributed by atoms with Crippen LogP contribution < -0.4 is 11.1 Å². The highest BCUT2D eigenvalue weighted by Crippen LogP contribution is 2.27. The summed E-state index contributed by atoms with van der Waals surface area (Å²) in [6.07, 6.45) is 5.98. The highest BCUT2D eigenvalue weighted by atomic mass is 32.1. The molecule has 0 saturated heterocycles. The lowest BCUT2D eigenvalue weighted by molar-refractivity contribution is -0.126. The molecule has 1 saturated carbocycles. The maximum atomic E-state index is 12.1. The molecule has 3 N–H and O–H groups in total. The van der Waals surface area contributed by atoms with Crippen LogP contribution in [0.15, 0.2) is 0 Å². The number of carbonyl (C=O) groups is 1. The lowest BCUT2D eigenvalue weighted by Gasteiger charge is -2.31. The van der Waals surface area contributed by atoms with Gasteiger partial charge in [-0.15, -0.1) is 0 Å². The van der Waals surface area contributed by atoms with E-state index in [1.165, 1.54) is 19.3 Å². The lowest BCUT2D eigenvalue weighted by Crippen LogP contribution is -2.50. The zero-order valence-electron chi connectivity index (χ0n) is 11.7. The molecule has 1 aliphatic rings. The summed E-state index contributed by atoms with van der Waals surface area (Å²) in [6, 6.07) is -0.117. The van der Waals surface area contributed by atoms with Crippen molar-refractivity contribution in [2.45, 2.75) is 58.9 Å². The van der Waals surface area contributed by atoms with Crippen LogP contribution in [0.1, 0.15) is 52.9 Å². The number of hydrogen-bond acceptors (Lipinski definition) is 2. The fourth-order valence-corrected chi connectivity index (χ4v) is 2.73. The Morgan fingerprint density at radius 3 is 2.22 bits per heavy atom. The highest BCUT2D eigenvalue weighted by molar-refractivity contribution is 7.80. The molecule has 1 rings (SSSR count). The monoisotopic (exact) mass is 270 g/mol. The molecule has 104 valence electrons. The third kappa shape index (κ3) is 4.23. The first kappa shape index (κ1) is 15.4. The lowest BCUT2D eigenvalue weighted by atomic mass is 9.83. The second kappa shape index (κ2) is 7.07. The first-order valence-electron chi connectivity index (χ1n) is 7.03. The normalized spacial score (nSPS) is 20.4. The quantitative estimate of drug-likeness (QED) is 0.755. The van der Waals surface area contributed by atoms with Gasteiger partial charge in [0.1, 0.15) is 0 Å². The Morgan fingerprint density at radius 1 is 1.22 bits per heavy atom. The van der Waals surface area contributed by atoms with Gasteiger partial charge in [0.15, 0.2) is 0 Å². The second-order valence-electron chi connectivity index (χ2n) is 5.82. The van der Waals surface area contributed by atoms with E-state index in [0.29, 0.717) is 16.8 Å². The fraction of sp³-hybridized carbons (Fsp3) is 0.857. The third-order valence-electron chi connectivity index (χ3n) is 4.14. The number of nitrogens with one attached hydrogen (secondary N) is 1. The maximum Gasteiger partial charge on any atom is 0.223 e. The summed E-state index contributed by atoms with van der Waals surface area (Å²) in [5, 5.41) is 3.06. The Hall–Kier alpha value is -0.640. The van der Waals surface area contributed by atoms with Gasteiger partial charge in [0.05, 0.1) is 11.0 Å². The molecule has 18 heavy (non-hydrogen) atoms. The molecule has 4 heteroatoms. The average molecular weight is 270 g/mol. The van der Waals surface area contributed by atoms with Crippen LogP contribution in [-0.4, -0.2) is 16.9 Å². The minimum absolute atomic E-state index is 0.00504. The molecule has 1 aliphatic carbocycles. The molecule has 2 unspecified atom stereocenters. The molecule has 1 fully saturated rings. The van der Waals surface area contributed by atoms with Crippen molar-refractivity contribution >= 4 is 23.1 Å². The molecular weight excluding hydrogens is 244 g/mol. The summed E-state index contributed by atoms with van der Waals surface area (Å²) >= 11 is 5.13. The topological polar surface area (TPSA) is 55.1 Å². The van der Waals surface area contributed by atoms with E-state index >= 15 is 0 Å². The smallest absolute Gasteiger partial charge is 0.223 e. The Bertz CT molecular complexity index is 298. The van der Waals surface area contributed by atoms with Crippen LogP contribution in [0, 0.1) is 17.8 Å². The summed E-state index contributed by atoms with van der Waals surface area (Å²) in [5.74, 6) is 0.849. The van der Waals surface area contributed by atoms with E-state index in [9.17, 15) is 4.79 Å². The average Bonchev–Trinajstić information content (AvgIpc) is 2.35. The molecule has 0 heterocycles. The van der Waals surface area contributed by atoms with Gasteiger partial charge in [0.25, 0.3) is 0 Å². The maximum absolute atomic E-state index is 12.1. The van der Waals surface area contributed by atoms with Gasteiger partial charge in [-0.05, 0) is 24.7 Å². The summed E-state index contributed by atoms with van der Waals surface area (Å²) in [6.45, 7) is 6.07. The van der Waals surface area contributed by atoms with E-state index in [4.69, 9.17) is 18.0 Å². The summed E-state index contributed by atoms with van der Waals surface area (Å²) < 4.78 is 0. The zero-order valence-corrected chi connectivity index (χ0v) is 12.6. The number of nitrogens with two attached hydrogens (primary N) is 1. The van der Waals surface area contributed by atoms with Crippen molar-refractivity contribution in [3.05, 3.63) is 0 Å². The van der Waals surface area contributed by atoms with Gasteiger partial charge in [-0.2, -0.15) is 0 Å². The minimum Gasteiger partial charge on any atom is -0.392 e. The molecule has 0 spiro atoms. The number of thiocarbonyl (C=S) groups is 1. The number of rotatable bonds is 5. The summed E-state index contributed by atoms with van der Waals surface area (Å²) in [5.41, 5.74) is 5.81. The first-order valence-corrected chi connectivity index (χ1v) is 7.44. The second-order valence-corrected chi connectivity index (χ2v) is 6.29. The van der Waals surface area contributed by atoms with Crippen LogP contribution in [0.4, 0.5) is 0 Å². The SMILES string of the molecule is CC(C)C(C)C(=O)NC(C(N)=S)C1CCCCC1. The van der Waals surface area contributed by atoms with Gasteiger partial charge in [0, 0.05) is 5.92 Å². The summed E-state index contributed by atoms with van der Waals surface area (Å²) in [4.78, 5) is 12.6. The van der Waals surface area contributed by atoms with Crippen molar-refractivity contribution in [2.75, 3.05) is 0 Å². The Balaban J connectivity index is 2.62. The van der Waals surface area contributed by atoms with E-state index in [-0.39, 0.29) is 17.9 Å². The van der Waals surface area contributed by atoms with Crippen LogP contribution >= 0.6 is 12.2 Å². The molecule has 0 aromatic heterocycles. The van der Waals surface area contributed by atoms with E-state index in [1.807, 2.05) is 6.92 Å². The Labute approximate surface area is 116 Å². The van der Waals surface area contributed by atoms with E-state index in [2.05, 4.69) is 19.2 Å². The highest BCUT2D eigenvalue weighted by Gasteiger charge is 2.29. The van der Waals surface area contributed by atoms with Gasteiger partial charge in [-0.3, -0.25) is 4.79 Å².